The summed E-state index contributed by atoms with van der Waals surface area (Å²) in [6.07, 6.45) is 3.02. The van der Waals surface area contributed by atoms with Gasteiger partial charge in [-0.2, -0.15) is 5.10 Å². The quantitative estimate of drug-likeness (QED) is 0.807. The van der Waals surface area contributed by atoms with Crippen LogP contribution in [-0.4, -0.2) is 23.4 Å². The topological polar surface area (TPSA) is 39.1 Å². The van der Waals surface area contributed by atoms with E-state index < -0.39 is 0 Å². The van der Waals surface area contributed by atoms with Crippen LogP contribution in [0.2, 0.25) is 0 Å². The number of ether oxygens (including phenoxy) is 1. The number of aromatic nitrogens is 2. The maximum Gasteiger partial charge on any atom is 0.122 e. The summed E-state index contributed by atoms with van der Waals surface area (Å²) < 4.78 is 7.20. The molecule has 0 aliphatic rings. The molecular formula is C15H21N3O. The molecule has 1 heterocycles. The zero-order valence-corrected chi connectivity index (χ0v) is 11.8. The van der Waals surface area contributed by atoms with Gasteiger partial charge in [0.25, 0.3) is 0 Å². The lowest BCUT2D eigenvalue weighted by atomic mass is 10.1. The summed E-state index contributed by atoms with van der Waals surface area (Å²) in [5, 5.41) is 7.78. The van der Waals surface area contributed by atoms with Crippen LogP contribution in [0.5, 0.6) is 5.75 Å². The highest BCUT2D eigenvalue weighted by molar-refractivity contribution is 5.33. The van der Waals surface area contributed by atoms with Crippen molar-refractivity contribution < 1.29 is 4.74 Å². The van der Waals surface area contributed by atoms with Gasteiger partial charge in [0.05, 0.1) is 12.8 Å². The minimum absolute atomic E-state index is 0.856. The Balaban J connectivity index is 1.82. The number of methoxy groups -OCH3 is 1. The fourth-order valence-corrected chi connectivity index (χ4v) is 2.18. The highest BCUT2D eigenvalue weighted by Crippen LogP contribution is 2.17. The van der Waals surface area contributed by atoms with Crippen molar-refractivity contribution in [1.82, 2.24) is 15.1 Å². The van der Waals surface area contributed by atoms with Crippen LogP contribution in [0, 0.1) is 6.92 Å². The SMILES string of the molecule is COc1ccccc1CCNCc1cn(C)nc1C. The molecule has 0 saturated heterocycles. The Morgan fingerprint density at radius 3 is 2.74 bits per heavy atom. The lowest BCUT2D eigenvalue weighted by molar-refractivity contribution is 0.409. The molecule has 0 amide bonds. The van der Waals surface area contributed by atoms with Gasteiger partial charge in [0.1, 0.15) is 5.75 Å². The molecule has 0 unspecified atom stereocenters. The number of aryl methyl sites for hydroxylation is 2. The second-order valence-corrected chi connectivity index (χ2v) is 4.65. The van der Waals surface area contributed by atoms with Crippen molar-refractivity contribution in [2.24, 2.45) is 7.05 Å². The van der Waals surface area contributed by atoms with Gasteiger partial charge in [-0.1, -0.05) is 18.2 Å². The molecule has 1 N–H and O–H groups in total. The summed E-state index contributed by atoms with van der Waals surface area (Å²) in [4.78, 5) is 0. The molecule has 4 heteroatoms. The Bertz CT molecular complexity index is 534. The van der Waals surface area contributed by atoms with E-state index in [1.807, 2.05) is 36.9 Å². The predicted octanol–water partition coefficient (Wildman–Crippen LogP) is 2.07. The van der Waals surface area contributed by atoms with Crippen molar-refractivity contribution in [3.05, 3.63) is 47.3 Å². The van der Waals surface area contributed by atoms with Crippen molar-refractivity contribution in [3.63, 3.8) is 0 Å². The maximum atomic E-state index is 5.34. The molecule has 0 atom stereocenters. The number of nitrogens with zero attached hydrogens (tertiary/aromatic N) is 2. The Hall–Kier alpha value is -1.81. The smallest absolute Gasteiger partial charge is 0.122 e. The van der Waals surface area contributed by atoms with E-state index in [2.05, 4.69) is 22.7 Å². The van der Waals surface area contributed by atoms with Crippen molar-refractivity contribution in [1.29, 1.82) is 0 Å². The number of nitrogens with one attached hydrogen (secondary N) is 1. The molecule has 0 saturated carbocycles. The summed E-state index contributed by atoms with van der Waals surface area (Å²) in [6.45, 7) is 3.82. The van der Waals surface area contributed by atoms with Crippen molar-refractivity contribution in [3.8, 4) is 5.75 Å². The van der Waals surface area contributed by atoms with Crippen LogP contribution in [0.4, 0.5) is 0 Å². The summed E-state index contributed by atoms with van der Waals surface area (Å²) in [6, 6.07) is 8.15. The lowest BCUT2D eigenvalue weighted by Crippen LogP contribution is -2.17. The van der Waals surface area contributed by atoms with Gasteiger partial charge in [-0.15, -0.1) is 0 Å². The van der Waals surface area contributed by atoms with Crippen LogP contribution in [0.25, 0.3) is 0 Å². The average molecular weight is 259 g/mol. The molecule has 2 rings (SSSR count). The Morgan fingerprint density at radius 1 is 1.26 bits per heavy atom. The lowest BCUT2D eigenvalue weighted by Gasteiger charge is -2.08. The molecule has 0 spiro atoms. The molecule has 4 nitrogen and oxygen atoms in total. The minimum atomic E-state index is 0.856. The standard InChI is InChI=1S/C15H21N3O/c1-12-14(11-18(2)17-12)10-16-9-8-13-6-4-5-7-15(13)19-3/h4-7,11,16H,8-10H2,1-3H3. The zero-order chi connectivity index (χ0) is 13.7. The van der Waals surface area contributed by atoms with Crippen LogP contribution in [0.1, 0.15) is 16.8 Å². The Labute approximate surface area is 114 Å². The van der Waals surface area contributed by atoms with Crippen molar-refractivity contribution in [2.45, 2.75) is 19.9 Å². The van der Waals surface area contributed by atoms with Gasteiger partial charge in [0, 0.05) is 25.4 Å². The fraction of sp³-hybridized carbons (Fsp3) is 0.400. The van der Waals surface area contributed by atoms with Crippen molar-refractivity contribution >= 4 is 0 Å². The zero-order valence-electron chi connectivity index (χ0n) is 11.8. The molecule has 1 aromatic heterocycles. The van der Waals surface area contributed by atoms with Gasteiger partial charge in [0.15, 0.2) is 0 Å². The molecule has 0 radical (unpaired) electrons. The molecule has 2 aromatic rings. The number of rotatable bonds is 6. The highest BCUT2D eigenvalue weighted by Gasteiger charge is 2.03. The fourth-order valence-electron chi connectivity index (χ4n) is 2.18. The van der Waals surface area contributed by atoms with E-state index in [1.54, 1.807) is 7.11 Å². The van der Waals surface area contributed by atoms with Gasteiger partial charge in [-0.25, -0.2) is 0 Å². The monoisotopic (exact) mass is 259 g/mol. The normalized spacial score (nSPS) is 10.7. The third kappa shape index (κ3) is 3.58. The van der Waals surface area contributed by atoms with E-state index in [1.165, 1.54) is 11.1 Å². The average Bonchev–Trinajstić information content (AvgIpc) is 2.73. The second kappa shape index (κ2) is 6.38. The Morgan fingerprint density at radius 2 is 2.05 bits per heavy atom. The number of hydrogen-bond donors (Lipinski definition) is 1. The van der Waals surface area contributed by atoms with E-state index in [0.717, 1.165) is 31.0 Å². The minimum Gasteiger partial charge on any atom is -0.496 e. The van der Waals surface area contributed by atoms with Crippen molar-refractivity contribution in [2.75, 3.05) is 13.7 Å². The number of hydrogen-bond acceptors (Lipinski definition) is 3. The molecule has 0 bridgehead atoms. The first kappa shape index (κ1) is 13.6. The Kier molecular flexibility index (Phi) is 4.58. The van der Waals surface area contributed by atoms with Gasteiger partial charge >= 0.3 is 0 Å². The number of para-hydroxylation sites is 1. The first-order valence-corrected chi connectivity index (χ1v) is 6.52. The molecular weight excluding hydrogens is 238 g/mol. The molecule has 0 aliphatic carbocycles. The number of benzene rings is 1. The molecule has 0 aliphatic heterocycles. The first-order valence-electron chi connectivity index (χ1n) is 6.52. The van der Waals surface area contributed by atoms with E-state index in [0.29, 0.717) is 0 Å². The van der Waals surface area contributed by atoms with E-state index in [-0.39, 0.29) is 0 Å². The van der Waals surface area contributed by atoms with Gasteiger partial charge < -0.3 is 10.1 Å². The van der Waals surface area contributed by atoms with E-state index >= 15 is 0 Å². The third-order valence-corrected chi connectivity index (χ3v) is 3.19. The predicted molar refractivity (Wildman–Crippen MR) is 76.3 cm³/mol. The van der Waals surface area contributed by atoms with Crippen LogP contribution >= 0.6 is 0 Å². The summed E-state index contributed by atoms with van der Waals surface area (Å²) in [5.41, 5.74) is 3.58. The highest BCUT2D eigenvalue weighted by atomic mass is 16.5. The largest absolute Gasteiger partial charge is 0.496 e. The summed E-state index contributed by atoms with van der Waals surface area (Å²) >= 11 is 0. The third-order valence-electron chi connectivity index (χ3n) is 3.19. The van der Waals surface area contributed by atoms with Gasteiger partial charge in [-0.05, 0) is 31.5 Å². The van der Waals surface area contributed by atoms with Crippen LogP contribution < -0.4 is 10.1 Å². The van der Waals surface area contributed by atoms with E-state index in [4.69, 9.17) is 4.74 Å². The van der Waals surface area contributed by atoms with Gasteiger partial charge in [0.2, 0.25) is 0 Å². The summed E-state index contributed by atoms with van der Waals surface area (Å²) in [5.74, 6) is 0.960. The van der Waals surface area contributed by atoms with Gasteiger partial charge in [-0.3, -0.25) is 4.68 Å². The maximum absolute atomic E-state index is 5.34. The molecule has 19 heavy (non-hydrogen) atoms. The molecule has 1 aromatic carbocycles. The van der Waals surface area contributed by atoms with Crippen LogP contribution in [-0.2, 0) is 20.0 Å². The van der Waals surface area contributed by atoms with Crippen LogP contribution in [0.15, 0.2) is 30.5 Å². The first-order chi connectivity index (χ1) is 9.20. The van der Waals surface area contributed by atoms with Crippen LogP contribution in [0.3, 0.4) is 0 Å². The van der Waals surface area contributed by atoms with E-state index in [9.17, 15) is 0 Å². The second-order valence-electron chi connectivity index (χ2n) is 4.65. The molecule has 0 fully saturated rings. The summed E-state index contributed by atoms with van der Waals surface area (Å²) in [7, 11) is 3.66. The molecule has 102 valence electrons.